The molecule has 4 heterocycles. The van der Waals surface area contributed by atoms with Crippen LogP contribution in [0.2, 0.25) is 0 Å². The lowest BCUT2D eigenvalue weighted by atomic mass is 9.70. The zero-order valence-corrected chi connectivity index (χ0v) is 27.5. The van der Waals surface area contributed by atoms with E-state index in [1.807, 2.05) is 17.4 Å². The highest BCUT2D eigenvalue weighted by molar-refractivity contribution is 5.93. The molecule has 3 atom stereocenters. The van der Waals surface area contributed by atoms with Gasteiger partial charge >= 0.3 is 12.1 Å². The predicted molar refractivity (Wildman–Crippen MR) is 172 cm³/mol. The summed E-state index contributed by atoms with van der Waals surface area (Å²) in [5, 5.41) is 2.02. The lowest BCUT2D eigenvalue weighted by Gasteiger charge is -2.47. The van der Waals surface area contributed by atoms with Gasteiger partial charge in [0.2, 0.25) is 5.91 Å². The molecule has 11 heteroatoms. The Morgan fingerprint density at radius 3 is 2.23 bits per heavy atom. The Morgan fingerprint density at radius 2 is 1.62 bits per heavy atom. The second-order valence-corrected chi connectivity index (χ2v) is 13.8. The second kappa shape index (κ2) is 12.9. The first-order valence-corrected chi connectivity index (χ1v) is 17.0. The molecule has 3 fully saturated rings. The number of nitrogens with zero attached hydrogens (tertiary/aromatic N) is 4. The van der Waals surface area contributed by atoms with Crippen molar-refractivity contribution >= 4 is 22.8 Å². The molecule has 1 aromatic heterocycles. The van der Waals surface area contributed by atoms with Crippen LogP contribution in [-0.4, -0.2) is 74.6 Å². The highest BCUT2D eigenvalue weighted by Gasteiger charge is 2.49. The Kier molecular flexibility index (Phi) is 9.15. The summed E-state index contributed by atoms with van der Waals surface area (Å²) in [5.41, 5.74) is 1.09. The molecular weight excluding hydrogens is 610 g/mol. The number of nitrogens with one attached hydrogen (secondary N) is 1. The smallest absolute Gasteiger partial charge is 0.341 e. The molecule has 47 heavy (non-hydrogen) atoms. The van der Waals surface area contributed by atoms with E-state index >= 15 is 0 Å². The summed E-state index contributed by atoms with van der Waals surface area (Å²) in [6, 6.07) is 16.3. The summed E-state index contributed by atoms with van der Waals surface area (Å²) in [7, 11) is 0. The molecule has 3 saturated heterocycles. The second-order valence-electron chi connectivity index (χ2n) is 13.8. The zero-order valence-electron chi connectivity index (χ0n) is 27.5. The Morgan fingerprint density at radius 1 is 0.957 bits per heavy atom. The molecule has 0 aliphatic carbocycles. The number of imidazole rings is 1. The van der Waals surface area contributed by atoms with Crippen LogP contribution in [0, 0.1) is 12.7 Å². The number of fused-ring (bicyclic) bond motifs is 3. The van der Waals surface area contributed by atoms with E-state index in [-0.39, 0.29) is 24.1 Å². The molecule has 2 bridgehead atoms. The predicted octanol–water partition coefficient (Wildman–Crippen LogP) is 6.84. The van der Waals surface area contributed by atoms with Gasteiger partial charge in [-0.1, -0.05) is 38.1 Å². The number of benzene rings is 2. The van der Waals surface area contributed by atoms with Gasteiger partial charge in [0, 0.05) is 31.2 Å². The number of aryl methyl sites for hydroxylation is 1. The number of alkyl halides is 3. The van der Waals surface area contributed by atoms with Gasteiger partial charge in [-0.15, -0.1) is 0 Å². The first-order valence-electron chi connectivity index (χ1n) is 17.0. The monoisotopic (exact) mass is 655 g/mol. The molecule has 7 nitrogen and oxygen atoms in total. The third kappa shape index (κ3) is 6.27. The van der Waals surface area contributed by atoms with E-state index in [4.69, 9.17) is 4.98 Å². The Bertz CT molecular complexity index is 1590. The molecule has 3 aromatic rings. The number of piperidine rings is 2. The zero-order chi connectivity index (χ0) is 33.6. The molecule has 0 unspecified atom stereocenters. The molecule has 254 valence electrons. The standard InChI is InChI=1S/C36H45F4N5O2/c1-4-35(5-2,42-32(46)36(38,39)40)33(47)43-18-15-34(16-19-43,25-9-8-10-26(37)21-25)17-20-44-27-13-14-28(44)23-29(22-27)45-24(3)41-30-11-6-7-12-31(30)45/h6-12,21,27-29H,4-5,13-20,22-23H2,1-3H3,(H,42,46)/t27-,28+,29+. The van der Waals surface area contributed by atoms with Crippen LogP contribution in [0.5, 0.6) is 0 Å². The summed E-state index contributed by atoms with van der Waals surface area (Å²) in [6.07, 6.45) is 1.30. The Labute approximate surface area is 273 Å². The van der Waals surface area contributed by atoms with E-state index in [0.29, 0.717) is 44.1 Å². The maximum Gasteiger partial charge on any atom is 0.471 e. The van der Waals surface area contributed by atoms with Crippen molar-refractivity contribution in [2.24, 2.45) is 0 Å². The van der Waals surface area contributed by atoms with E-state index in [1.54, 1.807) is 30.9 Å². The number of likely N-dealkylation sites (tertiary alicyclic amines) is 1. The van der Waals surface area contributed by atoms with Gasteiger partial charge in [-0.2, -0.15) is 13.2 Å². The van der Waals surface area contributed by atoms with E-state index in [2.05, 4.69) is 34.6 Å². The molecule has 3 aliphatic heterocycles. The first-order chi connectivity index (χ1) is 22.4. The summed E-state index contributed by atoms with van der Waals surface area (Å²) < 4.78 is 56.5. The van der Waals surface area contributed by atoms with E-state index in [9.17, 15) is 27.2 Å². The van der Waals surface area contributed by atoms with Gasteiger partial charge in [0.25, 0.3) is 0 Å². The van der Waals surface area contributed by atoms with Gasteiger partial charge < -0.3 is 14.8 Å². The minimum Gasteiger partial charge on any atom is -0.341 e. The Balaban J connectivity index is 1.18. The van der Waals surface area contributed by atoms with Gasteiger partial charge in [-0.05, 0) is 106 Å². The first kappa shape index (κ1) is 33.4. The molecule has 1 N–H and O–H groups in total. The van der Waals surface area contributed by atoms with Crippen LogP contribution >= 0.6 is 0 Å². The number of halogens is 4. The van der Waals surface area contributed by atoms with Gasteiger partial charge in [0.1, 0.15) is 17.2 Å². The van der Waals surface area contributed by atoms with Crippen molar-refractivity contribution in [3.63, 3.8) is 0 Å². The molecule has 0 saturated carbocycles. The minimum atomic E-state index is -5.08. The van der Waals surface area contributed by atoms with Crippen LogP contribution in [0.1, 0.15) is 89.1 Å². The maximum atomic E-state index is 14.6. The number of carbonyl (C=O) groups is 2. The molecular formula is C36H45F4N5O2. The third-order valence-corrected chi connectivity index (χ3v) is 11.5. The van der Waals surface area contributed by atoms with E-state index in [0.717, 1.165) is 55.6 Å². The average Bonchev–Trinajstić information content (AvgIpc) is 3.52. The highest BCUT2D eigenvalue weighted by atomic mass is 19.4. The van der Waals surface area contributed by atoms with Crippen molar-refractivity contribution < 1.29 is 27.2 Å². The average molecular weight is 656 g/mol. The van der Waals surface area contributed by atoms with Gasteiger partial charge in [-0.3, -0.25) is 14.5 Å². The van der Waals surface area contributed by atoms with Crippen molar-refractivity contribution in [2.45, 2.75) is 114 Å². The van der Waals surface area contributed by atoms with Gasteiger partial charge in [0.05, 0.1) is 11.0 Å². The van der Waals surface area contributed by atoms with Crippen molar-refractivity contribution in [2.75, 3.05) is 19.6 Å². The number of carbonyl (C=O) groups excluding carboxylic acids is 2. The SMILES string of the molecule is CCC(CC)(NC(=O)C(F)(F)F)C(=O)N1CCC(CCN2[C@@H]3CC[C@H]2C[C@@H](n2c(C)nc4ccccc42)C3)(c2cccc(F)c2)CC1. The van der Waals surface area contributed by atoms with Crippen molar-refractivity contribution in [1.82, 2.24) is 24.7 Å². The minimum absolute atomic E-state index is 0.0445. The van der Waals surface area contributed by atoms with Crippen LogP contribution in [-0.2, 0) is 15.0 Å². The number of hydrogen-bond donors (Lipinski definition) is 1. The van der Waals surface area contributed by atoms with Crippen molar-refractivity contribution in [1.29, 1.82) is 0 Å². The molecule has 3 aliphatic rings. The number of para-hydroxylation sites is 2. The number of rotatable bonds is 9. The fourth-order valence-electron chi connectivity index (χ4n) is 8.80. The fraction of sp³-hybridized carbons (Fsp3) is 0.583. The summed E-state index contributed by atoms with van der Waals surface area (Å²) in [6.45, 7) is 6.82. The van der Waals surface area contributed by atoms with Gasteiger partial charge in [-0.25, -0.2) is 9.37 Å². The highest BCUT2D eigenvalue weighted by Crippen LogP contribution is 2.45. The van der Waals surface area contributed by atoms with Crippen molar-refractivity contribution in [3.8, 4) is 0 Å². The van der Waals surface area contributed by atoms with Gasteiger partial charge in [0.15, 0.2) is 0 Å². The largest absolute Gasteiger partial charge is 0.471 e. The quantitative estimate of drug-likeness (QED) is 0.257. The molecule has 0 radical (unpaired) electrons. The number of amides is 2. The number of aromatic nitrogens is 2. The van der Waals surface area contributed by atoms with Crippen LogP contribution < -0.4 is 5.32 Å². The van der Waals surface area contributed by atoms with Crippen LogP contribution in [0.3, 0.4) is 0 Å². The maximum absolute atomic E-state index is 14.6. The summed E-state index contributed by atoms with van der Waals surface area (Å²) in [5.74, 6) is -1.86. The Hall–Kier alpha value is -3.47. The van der Waals surface area contributed by atoms with Crippen molar-refractivity contribution in [3.05, 3.63) is 65.7 Å². The molecule has 2 aromatic carbocycles. The van der Waals surface area contributed by atoms with E-state index < -0.39 is 23.5 Å². The molecule has 0 spiro atoms. The third-order valence-electron chi connectivity index (χ3n) is 11.5. The fourth-order valence-corrected chi connectivity index (χ4v) is 8.80. The lowest BCUT2D eigenvalue weighted by Crippen LogP contribution is -2.62. The van der Waals surface area contributed by atoms with Crippen LogP contribution in [0.25, 0.3) is 11.0 Å². The van der Waals surface area contributed by atoms with Crippen LogP contribution in [0.15, 0.2) is 48.5 Å². The topological polar surface area (TPSA) is 70.5 Å². The lowest BCUT2D eigenvalue weighted by molar-refractivity contribution is -0.177. The normalized spacial score (nSPS) is 23.3. The molecule has 2 amide bonds. The summed E-state index contributed by atoms with van der Waals surface area (Å²) in [4.78, 5) is 34.7. The van der Waals surface area contributed by atoms with Crippen LogP contribution in [0.4, 0.5) is 17.6 Å². The molecule has 6 rings (SSSR count). The number of hydrogen-bond acceptors (Lipinski definition) is 4. The summed E-state index contributed by atoms with van der Waals surface area (Å²) >= 11 is 0. The van der Waals surface area contributed by atoms with E-state index in [1.165, 1.54) is 11.6 Å².